The van der Waals surface area contributed by atoms with Crippen molar-refractivity contribution < 1.29 is 27.5 Å². The van der Waals surface area contributed by atoms with E-state index in [1.54, 1.807) is 0 Å². The van der Waals surface area contributed by atoms with Crippen LogP contribution in [0.15, 0.2) is 29.2 Å². The molecule has 0 bridgehead atoms. The molecule has 1 saturated heterocycles. The summed E-state index contributed by atoms with van der Waals surface area (Å²) < 4.78 is 39.9. The highest BCUT2D eigenvalue weighted by molar-refractivity contribution is 7.89. The molecule has 2 atom stereocenters. The Labute approximate surface area is 157 Å². The molecule has 7 nitrogen and oxygen atoms in total. The fraction of sp³-hybridized carbons (Fsp3) is 0.556. The van der Waals surface area contributed by atoms with E-state index in [9.17, 15) is 27.5 Å². The average molecular weight is 398 g/mol. The molecule has 148 valence electrons. The van der Waals surface area contributed by atoms with E-state index < -0.39 is 33.8 Å². The molecule has 1 saturated carbocycles. The van der Waals surface area contributed by atoms with E-state index in [2.05, 4.69) is 0 Å². The number of benzene rings is 1. The van der Waals surface area contributed by atoms with Crippen molar-refractivity contribution >= 4 is 21.9 Å². The van der Waals surface area contributed by atoms with Gasteiger partial charge in [-0.05, 0) is 56.9 Å². The highest BCUT2D eigenvalue weighted by Gasteiger charge is 2.43. The average Bonchev–Trinajstić information content (AvgIpc) is 3.47. The topological polar surface area (TPSA) is 95.0 Å². The molecule has 0 aromatic heterocycles. The molecular formula is C18H23FN2O5S. The molecule has 27 heavy (non-hydrogen) atoms. The van der Waals surface area contributed by atoms with Gasteiger partial charge in [-0.1, -0.05) is 0 Å². The number of hydrogen-bond donors (Lipinski definition) is 1. The molecule has 3 rings (SSSR count). The number of carbonyl (C=O) groups is 2. The number of hydrogen-bond acceptors (Lipinski definition) is 4. The van der Waals surface area contributed by atoms with E-state index >= 15 is 0 Å². The largest absolute Gasteiger partial charge is 0.480 e. The highest BCUT2D eigenvalue weighted by atomic mass is 32.2. The molecule has 2 aliphatic rings. The molecule has 9 heteroatoms. The molecule has 0 radical (unpaired) electrons. The monoisotopic (exact) mass is 398 g/mol. The van der Waals surface area contributed by atoms with Crippen LogP contribution in [0.3, 0.4) is 0 Å². The van der Waals surface area contributed by atoms with Crippen LogP contribution in [0.4, 0.5) is 4.39 Å². The maximum Gasteiger partial charge on any atom is 0.326 e. The van der Waals surface area contributed by atoms with Crippen LogP contribution in [0, 0.1) is 11.7 Å². The van der Waals surface area contributed by atoms with Gasteiger partial charge in [0, 0.05) is 19.1 Å². The third-order valence-corrected chi connectivity index (χ3v) is 7.03. The lowest BCUT2D eigenvalue weighted by atomic mass is 9.97. The third kappa shape index (κ3) is 4.14. The second-order valence-corrected chi connectivity index (χ2v) is 9.08. The van der Waals surface area contributed by atoms with Crippen molar-refractivity contribution in [1.82, 2.24) is 9.21 Å². The number of carboxylic acid groups (broad SMARTS) is 1. The lowest BCUT2D eigenvalue weighted by Crippen LogP contribution is -2.51. The molecule has 2 unspecified atom stereocenters. The Balaban J connectivity index is 1.78. The van der Waals surface area contributed by atoms with Crippen molar-refractivity contribution in [2.24, 2.45) is 5.92 Å². The zero-order chi connectivity index (χ0) is 19.8. The normalized spacial score (nSPS) is 22.2. The number of rotatable bonds is 6. The number of aliphatic carboxylic acids is 1. The first-order valence-electron chi connectivity index (χ1n) is 9.02. The van der Waals surface area contributed by atoms with Gasteiger partial charge in [-0.2, -0.15) is 4.31 Å². The lowest BCUT2D eigenvalue weighted by molar-refractivity contribution is -0.152. The van der Waals surface area contributed by atoms with Crippen molar-refractivity contribution in [2.75, 3.05) is 13.1 Å². The van der Waals surface area contributed by atoms with Crippen LogP contribution in [0.5, 0.6) is 0 Å². The fourth-order valence-electron chi connectivity index (χ4n) is 3.49. The summed E-state index contributed by atoms with van der Waals surface area (Å²) in [4.78, 5) is 25.7. The van der Waals surface area contributed by atoms with Crippen molar-refractivity contribution in [3.63, 3.8) is 0 Å². The summed E-state index contributed by atoms with van der Waals surface area (Å²) in [6.45, 7) is 1.77. The van der Waals surface area contributed by atoms with E-state index in [1.807, 2.05) is 0 Å². The molecule has 1 N–H and O–H groups in total. The maximum absolute atomic E-state index is 13.1. The highest BCUT2D eigenvalue weighted by Crippen LogP contribution is 2.33. The predicted molar refractivity (Wildman–Crippen MR) is 94.8 cm³/mol. The minimum Gasteiger partial charge on any atom is -0.480 e. The van der Waals surface area contributed by atoms with Gasteiger partial charge < -0.3 is 10.0 Å². The summed E-state index contributed by atoms with van der Waals surface area (Å²) in [5.41, 5.74) is 0. The van der Waals surface area contributed by atoms with Crippen LogP contribution in [0.2, 0.25) is 0 Å². The molecule has 1 aliphatic carbocycles. The molecule has 1 heterocycles. The summed E-state index contributed by atoms with van der Waals surface area (Å²) in [7, 11) is -3.83. The van der Waals surface area contributed by atoms with Gasteiger partial charge in [-0.25, -0.2) is 17.6 Å². The number of amides is 1. The third-order valence-electron chi connectivity index (χ3n) is 5.15. The van der Waals surface area contributed by atoms with Gasteiger partial charge in [0.2, 0.25) is 15.9 Å². The lowest BCUT2D eigenvalue weighted by Gasteiger charge is -2.35. The molecule has 2 fully saturated rings. The Morgan fingerprint density at radius 1 is 1.22 bits per heavy atom. The summed E-state index contributed by atoms with van der Waals surface area (Å²) in [5.74, 6) is -2.46. The van der Waals surface area contributed by atoms with E-state index in [4.69, 9.17) is 0 Å². The van der Waals surface area contributed by atoms with E-state index in [1.165, 1.54) is 28.3 Å². The summed E-state index contributed by atoms with van der Waals surface area (Å²) >= 11 is 0. The van der Waals surface area contributed by atoms with Crippen molar-refractivity contribution in [1.29, 1.82) is 0 Å². The second kappa shape index (κ2) is 7.55. The van der Waals surface area contributed by atoms with Crippen LogP contribution in [-0.4, -0.2) is 59.8 Å². The van der Waals surface area contributed by atoms with E-state index in [-0.39, 0.29) is 29.9 Å². The standard InChI is InChI=1S/C18H23FN2O5S/c1-12(18(23)24)21(15-6-7-15)17(22)13-3-2-10-20(11-13)27(25,26)16-8-4-14(19)5-9-16/h4-5,8-9,12-13,15H,2-3,6-7,10-11H2,1H3,(H,23,24). The SMILES string of the molecule is CC(C(=O)O)N(C(=O)C1CCCN(S(=O)(=O)c2ccc(F)cc2)C1)C1CC1. The number of sulfonamides is 1. The van der Waals surface area contributed by atoms with Gasteiger partial charge in [-0.3, -0.25) is 4.79 Å². The van der Waals surface area contributed by atoms with Crippen LogP contribution in [0.1, 0.15) is 32.6 Å². The molecule has 1 aliphatic heterocycles. The van der Waals surface area contributed by atoms with Gasteiger partial charge in [0.25, 0.3) is 0 Å². The van der Waals surface area contributed by atoms with Gasteiger partial charge >= 0.3 is 5.97 Å². The van der Waals surface area contributed by atoms with E-state index in [0.717, 1.165) is 25.0 Å². The molecule has 1 amide bonds. The number of halogens is 1. The van der Waals surface area contributed by atoms with Gasteiger partial charge in [0.1, 0.15) is 11.9 Å². The molecular weight excluding hydrogens is 375 g/mol. The minimum atomic E-state index is -3.83. The quantitative estimate of drug-likeness (QED) is 0.787. The first kappa shape index (κ1) is 19.8. The van der Waals surface area contributed by atoms with Gasteiger partial charge in [-0.15, -0.1) is 0 Å². The van der Waals surface area contributed by atoms with Crippen LogP contribution >= 0.6 is 0 Å². The fourth-order valence-corrected chi connectivity index (χ4v) is 5.01. The van der Waals surface area contributed by atoms with Crippen molar-refractivity contribution in [3.8, 4) is 0 Å². The Hall–Kier alpha value is -2.00. The zero-order valence-corrected chi connectivity index (χ0v) is 15.9. The van der Waals surface area contributed by atoms with Gasteiger partial charge in [0.05, 0.1) is 10.8 Å². The summed E-state index contributed by atoms with van der Waals surface area (Å²) in [6, 6.07) is 3.57. The summed E-state index contributed by atoms with van der Waals surface area (Å²) in [5, 5.41) is 9.30. The minimum absolute atomic E-state index is 0.00804. The first-order valence-corrected chi connectivity index (χ1v) is 10.5. The zero-order valence-electron chi connectivity index (χ0n) is 15.0. The van der Waals surface area contributed by atoms with Crippen molar-refractivity contribution in [2.45, 2.75) is 49.6 Å². The first-order chi connectivity index (χ1) is 12.7. The molecule has 1 aromatic rings. The second-order valence-electron chi connectivity index (χ2n) is 7.15. The Bertz CT molecular complexity index is 823. The Morgan fingerprint density at radius 3 is 2.41 bits per heavy atom. The number of carbonyl (C=O) groups excluding carboxylic acids is 1. The molecule has 0 spiro atoms. The van der Waals surface area contributed by atoms with Crippen LogP contribution < -0.4 is 0 Å². The summed E-state index contributed by atoms with van der Waals surface area (Å²) in [6.07, 6.45) is 2.57. The van der Waals surface area contributed by atoms with Crippen LogP contribution in [0.25, 0.3) is 0 Å². The molecule has 1 aromatic carbocycles. The van der Waals surface area contributed by atoms with E-state index in [0.29, 0.717) is 12.8 Å². The number of piperidine rings is 1. The van der Waals surface area contributed by atoms with Gasteiger partial charge in [0.15, 0.2) is 0 Å². The number of carboxylic acids is 1. The Kier molecular flexibility index (Phi) is 5.53. The Morgan fingerprint density at radius 2 is 1.85 bits per heavy atom. The number of nitrogens with zero attached hydrogens (tertiary/aromatic N) is 2. The van der Waals surface area contributed by atoms with Crippen molar-refractivity contribution in [3.05, 3.63) is 30.1 Å². The smallest absolute Gasteiger partial charge is 0.326 e. The maximum atomic E-state index is 13.1. The van der Waals surface area contributed by atoms with Crippen LogP contribution in [-0.2, 0) is 19.6 Å². The predicted octanol–water partition coefficient (Wildman–Crippen LogP) is 1.69.